The van der Waals surface area contributed by atoms with Crippen LogP contribution in [0.5, 0.6) is 0 Å². The predicted octanol–water partition coefficient (Wildman–Crippen LogP) is 3.61. The lowest BCUT2D eigenvalue weighted by molar-refractivity contribution is -0.135. The molecular formula is C33H34FN9O4. The zero-order valence-corrected chi connectivity index (χ0v) is 26.0. The van der Waals surface area contributed by atoms with E-state index in [1.165, 1.54) is 17.1 Å². The number of anilines is 2. The Hall–Kier alpha value is -5.37. The highest BCUT2D eigenvalue weighted by atomic mass is 19.1. The molecule has 7 rings (SSSR count). The van der Waals surface area contributed by atoms with Gasteiger partial charge in [0.1, 0.15) is 23.2 Å². The SMILES string of the molecule is CC(C)C(=O)N1CCC(c2cc(-c3ccc(NC(=O)c4c5n(n(-c6ccccn6)c4=O)CCOC5)cc3F)c3c(N)ncnn23)CC1. The Morgan fingerprint density at radius 2 is 1.87 bits per heavy atom. The number of amides is 2. The summed E-state index contributed by atoms with van der Waals surface area (Å²) in [6, 6.07) is 11.4. The summed E-state index contributed by atoms with van der Waals surface area (Å²) in [4.78, 5) is 49.9. The lowest BCUT2D eigenvalue weighted by Gasteiger charge is -2.33. The molecule has 2 aliphatic rings. The maximum atomic E-state index is 15.9. The molecule has 4 aromatic heterocycles. The van der Waals surface area contributed by atoms with Crippen molar-refractivity contribution < 1.29 is 18.7 Å². The number of nitrogen functional groups attached to an aromatic ring is 1. The molecule has 0 unspecified atom stereocenters. The molecule has 1 fully saturated rings. The third kappa shape index (κ3) is 5.33. The molecule has 6 heterocycles. The second-order valence-electron chi connectivity index (χ2n) is 12.1. The van der Waals surface area contributed by atoms with E-state index < -0.39 is 17.3 Å². The largest absolute Gasteiger partial charge is 0.382 e. The fourth-order valence-electron chi connectivity index (χ4n) is 6.58. The van der Waals surface area contributed by atoms with Crippen LogP contribution in [0.25, 0.3) is 22.5 Å². The lowest BCUT2D eigenvalue weighted by atomic mass is 9.92. The first kappa shape index (κ1) is 30.3. The zero-order valence-electron chi connectivity index (χ0n) is 26.0. The molecule has 13 nitrogen and oxygen atoms in total. The third-order valence-electron chi connectivity index (χ3n) is 8.87. The number of nitrogens with zero attached hydrogens (tertiary/aromatic N) is 7. The van der Waals surface area contributed by atoms with E-state index in [9.17, 15) is 14.4 Å². The Bertz CT molecular complexity index is 2060. The van der Waals surface area contributed by atoms with Crippen molar-refractivity contribution in [3.05, 3.63) is 88.1 Å². The van der Waals surface area contributed by atoms with Crippen LogP contribution in [0.3, 0.4) is 0 Å². The molecule has 0 spiro atoms. The van der Waals surface area contributed by atoms with Gasteiger partial charge in [0.15, 0.2) is 11.6 Å². The number of carbonyl (C=O) groups is 2. The summed E-state index contributed by atoms with van der Waals surface area (Å²) in [5.74, 6) is -0.547. The molecule has 0 radical (unpaired) electrons. The molecule has 2 aliphatic heterocycles. The van der Waals surface area contributed by atoms with Crippen LogP contribution in [0, 0.1) is 11.7 Å². The van der Waals surface area contributed by atoms with Gasteiger partial charge in [0.25, 0.3) is 11.5 Å². The molecule has 2 amide bonds. The summed E-state index contributed by atoms with van der Waals surface area (Å²) in [7, 11) is 0. The Balaban J connectivity index is 1.18. The molecular weight excluding hydrogens is 605 g/mol. The summed E-state index contributed by atoms with van der Waals surface area (Å²) >= 11 is 0. The molecule has 1 saturated heterocycles. The first-order chi connectivity index (χ1) is 22.7. The quantitative estimate of drug-likeness (QED) is 0.286. The van der Waals surface area contributed by atoms with Gasteiger partial charge in [0, 0.05) is 53.6 Å². The van der Waals surface area contributed by atoms with E-state index in [4.69, 9.17) is 10.5 Å². The normalized spacial score (nSPS) is 15.3. The average molecular weight is 640 g/mol. The Morgan fingerprint density at radius 3 is 2.60 bits per heavy atom. The minimum atomic E-state index is -0.678. The van der Waals surface area contributed by atoms with Crippen LogP contribution in [-0.4, -0.2) is 65.4 Å². The Labute approximate surface area is 268 Å². The third-order valence-corrected chi connectivity index (χ3v) is 8.87. The summed E-state index contributed by atoms with van der Waals surface area (Å²) in [6.07, 6.45) is 4.41. The van der Waals surface area contributed by atoms with E-state index >= 15 is 4.39 Å². The number of carbonyl (C=O) groups excluding carboxylic acids is 2. The number of rotatable bonds is 6. The number of hydrogen-bond acceptors (Lipinski definition) is 8. The number of hydrogen-bond donors (Lipinski definition) is 2. The number of aromatic nitrogens is 6. The topological polar surface area (TPSA) is 155 Å². The van der Waals surface area contributed by atoms with E-state index in [-0.39, 0.29) is 47.0 Å². The summed E-state index contributed by atoms with van der Waals surface area (Å²) in [5, 5.41) is 7.14. The van der Waals surface area contributed by atoms with Gasteiger partial charge in [-0.05, 0) is 49.2 Å². The zero-order chi connectivity index (χ0) is 32.8. The van der Waals surface area contributed by atoms with Crippen molar-refractivity contribution in [3.63, 3.8) is 0 Å². The maximum absolute atomic E-state index is 15.9. The molecule has 3 N–H and O–H groups in total. The van der Waals surface area contributed by atoms with Crippen molar-refractivity contribution in [2.75, 3.05) is 30.7 Å². The summed E-state index contributed by atoms with van der Waals surface area (Å²) in [6.45, 7) is 5.86. The number of nitrogens with one attached hydrogen (secondary N) is 1. The number of fused-ring (bicyclic) bond motifs is 2. The van der Waals surface area contributed by atoms with Gasteiger partial charge < -0.3 is 20.7 Å². The molecule has 0 atom stereocenters. The highest BCUT2D eigenvalue weighted by molar-refractivity contribution is 6.05. The number of ether oxygens (including phenoxy) is 1. The molecule has 14 heteroatoms. The number of nitrogens with two attached hydrogens (primary N) is 1. The number of piperidine rings is 1. The first-order valence-corrected chi connectivity index (χ1v) is 15.6. The van der Waals surface area contributed by atoms with E-state index in [0.717, 1.165) is 18.5 Å². The Kier molecular flexibility index (Phi) is 7.80. The van der Waals surface area contributed by atoms with Crippen LogP contribution < -0.4 is 16.6 Å². The van der Waals surface area contributed by atoms with Gasteiger partial charge in [-0.3, -0.25) is 19.1 Å². The molecule has 5 aromatic rings. The van der Waals surface area contributed by atoms with Crippen LogP contribution >= 0.6 is 0 Å². The van der Waals surface area contributed by atoms with Gasteiger partial charge in [-0.2, -0.15) is 9.78 Å². The van der Waals surface area contributed by atoms with E-state index in [2.05, 4.69) is 20.4 Å². The van der Waals surface area contributed by atoms with Crippen molar-refractivity contribution >= 4 is 28.8 Å². The fourth-order valence-corrected chi connectivity index (χ4v) is 6.58. The van der Waals surface area contributed by atoms with Crippen LogP contribution in [0.4, 0.5) is 15.9 Å². The molecule has 0 aliphatic carbocycles. The number of benzene rings is 1. The van der Waals surface area contributed by atoms with Crippen molar-refractivity contribution in [2.24, 2.45) is 5.92 Å². The van der Waals surface area contributed by atoms with Crippen LogP contribution in [0.1, 0.15) is 54.4 Å². The minimum absolute atomic E-state index is 0.0659. The van der Waals surface area contributed by atoms with Gasteiger partial charge in [-0.25, -0.2) is 18.9 Å². The van der Waals surface area contributed by atoms with Crippen LogP contribution in [0.2, 0.25) is 0 Å². The van der Waals surface area contributed by atoms with Crippen molar-refractivity contribution in [2.45, 2.75) is 45.8 Å². The number of halogens is 1. The minimum Gasteiger partial charge on any atom is -0.382 e. The van der Waals surface area contributed by atoms with Crippen molar-refractivity contribution in [3.8, 4) is 16.9 Å². The molecule has 47 heavy (non-hydrogen) atoms. The van der Waals surface area contributed by atoms with Gasteiger partial charge >= 0.3 is 0 Å². The summed E-state index contributed by atoms with van der Waals surface area (Å²) < 4.78 is 26.2. The van der Waals surface area contributed by atoms with Crippen LogP contribution in [0.15, 0.2) is 59.8 Å². The maximum Gasteiger partial charge on any atom is 0.286 e. The molecule has 0 bridgehead atoms. The van der Waals surface area contributed by atoms with Gasteiger partial charge in [-0.15, -0.1) is 0 Å². The first-order valence-electron chi connectivity index (χ1n) is 15.6. The highest BCUT2D eigenvalue weighted by Gasteiger charge is 2.31. The standard InChI is InChI=1S/C33H34FN9O4/c1-19(2)32(45)40-11-8-20(9-12-40)25-16-23(29-30(35)37-18-38-42(25)29)22-7-6-21(15-24(22)34)39-31(44)28-26-17-47-14-13-41(26)43(33(28)46)27-5-3-4-10-36-27/h3-7,10,15-16,18-20H,8-9,11-14,17H2,1-2H3,(H,39,44)(H2,35,37,38). The second-order valence-corrected chi connectivity index (χ2v) is 12.1. The molecule has 1 aromatic carbocycles. The van der Waals surface area contributed by atoms with Gasteiger partial charge in [-0.1, -0.05) is 19.9 Å². The average Bonchev–Trinajstić information content (AvgIpc) is 3.61. The second kappa shape index (κ2) is 12.1. The predicted molar refractivity (Wildman–Crippen MR) is 172 cm³/mol. The van der Waals surface area contributed by atoms with Crippen molar-refractivity contribution in [1.29, 1.82) is 0 Å². The lowest BCUT2D eigenvalue weighted by Crippen LogP contribution is -2.40. The Morgan fingerprint density at radius 1 is 1.06 bits per heavy atom. The highest BCUT2D eigenvalue weighted by Crippen LogP contribution is 2.38. The molecule has 0 saturated carbocycles. The summed E-state index contributed by atoms with van der Waals surface area (Å²) in [5.41, 5.74) is 8.39. The fraction of sp³-hybridized carbons (Fsp3) is 0.333. The number of likely N-dealkylation sites (tertiary alicyclic amines) is 1. The molecule has 242 valence electrons. The van der Waals surface area contributed by atoms with E-state index in [0.29, 0.717) is 48.8 Å². The van der Waals surface area contributed by atoms with E-state index in [1.807, 2.05) is 24.8 Å². The van der Waals surface area contributed by atoms with E-state index in [1.54, 1.807) is 45.7 Å². The van der Waals surface area contributed by atoms with Gasteiger partial charge in [0.2, 0.25) is 5.91 Å². The van der Waals surface area contributed by atoms with Gasteiger partial charge in [0.05, 0.1) is 25.5 Å². The van der Waals surface area contributed by atoms with Crippen LogP contribution in [-0.2, 0) is 22.7 Å². The number of pyridine rings is 1. The smallest absolute Gasteiger partial charge is 0.286 e. The van der Waals surface area contributed by atoms with Crippen molar-refractivity contribution in [1.82, 2.24) is 33.8 Å². The monoisotopic (exact) mass is 639 g/mol.